The molecule has 1 amide bonds. The molecule has 1 saturated heterocycles. The van der Waals surface area contributed by atoms with E-state index in [0.29, 0.717) is 19.6 Å². The van der Waals surface area contributed by atoms with Crippen LogP contribution in [0.25, 0.3) is 0 Å². The van der Waals surface area contributed by atoms with E-state index in [2.05, 4.69) is 9.64 Å². The highest BCUT2D eigenvalue weighted by molar-refractivity contribution is 5.79. The third-order valence-electron chi connectivity index (χ3n) is 2.55. The first kappa shape index (κ1) is 12.9. The molecule has 16 heavy (non-hydrogen) atoms. The summed E-state index contributed by atoms with van der Waals surface area (Å²) in [6.07, 6.45) is 0.597. The molecule has 1 fully saturated rings. The molecule has 2 N–H and O–H groups in total. The summed E-state index contributed by atoms with van der Waals surface area (Å²) in [6, 6.07) is 0. The average molecular weight is 230 g/mol. The van der Waals surface area contributed by atoms with Crippen LogP contribution in [-0.4, -0.2) is 56.2 Å². The Kier molecular flexibility index (Phi) is 5.21. The van der Waals surface area contributed by atoms with Gasteiger partial charge in [-0.15, -0.1) is 0 Å². The van der Waals surface area contributed by atoms with Crippen molar-refractivity contribution in [1.82, 2.24) is 4.90 Å². The monoisotopic (exact) mass is 230 g/mol. The van der Waals surface area contributed by atoms with Gasteiger partial charge >= 0.3 is 5.97 Å². The van der Waals surface area contributed by atoms with Crippen molar-refractivity contribution < 1.29 is 19.1 Å². The second-order valence-electron chi connectivity index (χ2n) is 3.74. The fourth-order valence-corrected chi connectivity index (χ4v) is 1.63. The maximum Gasteiger partial charge on any atom is 0.305 e. The van der Waals surface area contributed by atoms with E-state index in [1.807, 2.05) is 0 Å². The van der Waals surface area contributed by atoms with Crippen LogP contribution in [0.1, 0.15) is 12.8 Å². The predicted molar refractivity (Wildman–Crippen MR) is 56.6 cm³/mol. The summed E-state index contributed by atoms with van der Waals surface area (Å²) in [6.45, 7) is 2.54. The molecule has 1 aliphatic heterocycles. The maximum absolute atomic E-state index is 10.9. The zero-order valence-corrected chi connectivity index (χ0v) is 9.48. The molecule has 1 unspecified atom stereocenters. The lowest BCUT2D eigenvalue weighted by Crippen LogP contribution is -2.48. The van der Waals surface area contributed by atoms with Gasteiger partial charge in [0, 0.05) is 19.5 Å². The van der Waals surface area contributed by atoms with E-state index in [1.54, 1.807) is 0 Å². The van der Waals surface area contributed by atoms with Crippen LogP contribution in [-0.2, 0) is 19.1 Å². The molecule has 1 aliphatic rings. The smallest absolute Gasteiger partial charge is 0.305 e. The van der Waals surface area contributed by atoms with Gasteiger partial charge in [-0.2, -0.15) is 0 Å². The van der Waals surface area contributed by atoms with Gasteiger partial charge in [-0.3, -0.25) is 14.5 Å². The van der Waals surface area contributed by atoms with Crippen molar-refractivity contribution in [2.24, 2.45) is 5.73 Å². The zero-order valence-electron chi connectivity index (χ0n) is 9.48. The highest BCUT2D eigenvalue weighted by Crippen LogP contribution is 2.06. The largest absolute Gasteiger partial charge is 0.469 e. The number of nitrogens with two attached hydrogens (primary N) is 1. The van der Waals surface area contributed by atoms with E-state index in [-0.39, 0.29) is 5.97 Å². The molecule has 0 spiro atoms. The quantitative estimate of drug-likeness (QED) is 0.621. The third-order valence-corrected chi connectivity index (χ3v) is 2.55. The van der Waals surface area contributed by atoms with Crippen molar-refractivity contribution in [1.29, 1.82) is 0 Å². The third kappa shape index (κ3) is 4.16. The number of morpholine rings is 1. The zero-order chi connectivity index (χ0) is 12.0. The van der Waals surface area contributed by atoms with Crippen molar-refractivity contribution >= 4 is 11.9 Å². The molecule has 0 saturated carbocycles. The van der Waals surface area contributed by atoms with Gasteiger partial charge < -0.3 is 15.2 Å². The van der Waals surface area contributed by atoms with E-state index in [0.717, 1.165) is 19.5 Å². The Morgan fingerprint density at radius 3 is 2.94 bits per heavy atom. The molecule has 1 atom stereocenters. The summed E-state index contributed by atoms with van der Waals surface area (Å²) < 4.78 is 9.75. The van der Waals surface area contributed by atoms with Crippen LogP contribution >= 0.6 is 0 Å². The summed E-state index contributed by atoms with van der Waals surface area (Å²) in [5.41, 5.74) is 5.16. The fraction of sp³-hybridized carbons (Fsp3) is 0.800. The van der Waals surface area contributed by atoms with Gasteiger partial charge in [0.15, 0.2) is 0 Å². The second-order valence-corrected chi connectivity index (χ2v) is 3.74. The minimum absolute atomic E-state index is 0.209. The first-order chi connectivity index (χ1) is 7.63. The molecule has 6 nitrogen and oxygen atoms in total. The van der Waals surface area contributed by atoms with E-state index in [4.69, 9.17) is 10.5 Å². The van der Waals surface area contributed by atoms with Gasteiger partial charge in [0.05, 0.1) is 13.7 Å². The molecule has 0 aromatic rings. The van der Waals surface area contributed by atoms with Crippen molar-refractivity contribution in [3.63, 3.8) is 0 Å². The molecule has 0 radical (unpaired) electrons. The number of amides is 1. The topological polar surface area (TPSA) is 81.9 Å². The lowest BCUT2D eigenvalue weighted by Gasteiger charge is -2.31. The first-order valence-electron chi connectivity index (χ1n) is 5.33. The lowest BCUT2D eigenvalue weighted by atomic mass is 10.2. The van der Waals surface area contributed by atoms with Crippen LogP contribution in [0.15, 0.2) is 0 Å². The number of rotatable bonds is 5. The normalized spacial score (nSPS) is 21.7. The maximum atomic E-state index is 10.9. The van der Waals surface area contributed by atoms with E-state index in [9.17, 15) is 9.59 Å². The summed E-state index contributed by atoms with van der Waals surface area (Å²) in [5, 5.41) is 0. The number of ether oxygens (including phenoxy) is 2. The first-order valence-corrected chi connectivity index (χ1v) is 5.33. The molecule has 6 heteroatoms. The van der Waals surface area contributed by atoms with Crippen LogP contribution < -0.4 is 5.73 Å². The summed E-state index contributed by atoms with van der Waals surface area (Å²) in [5.74, 6) is -0.641. The highest BCUT2D eigenvalue weighted by atomic mass is 16.5. The van der Waals surface area contributed by atoms with Crippen molar-refractivity contribution in [2.45, 2.75) is 18.9 Å². The summed E-state index contributed by atoms with van der Waals surface area (Å²) in [7, 11) is 1.38. The Hall–Kier alpha value is -1.14. The minimum Gasteiger partial charge on any atom is -0.469 e. The van der Waals surface area contributed by atoms with Crippen LogP contribution in [0, 0.1) is 0 Å². The van der Waals surface area contributed by atoms with Gasteiger partial charge in [0.25, 0.3) is 0 Å². The van der Waals surface area contributed by atoms with Gasteiger partial charge in [-0.1, -0.05) is 0 Å². The lowest BCUT2D eigenvalue weighted by molar-refractivity contribution is -0.141. The minimum atomic E-state index is -0.521. The van der Waals surface area contributed by atoms with E-state index >= 15 is 0 Å². The van der Waals surface area contributed by atoms with Gasteiger partial charge in [-0.05, 0) is 13.0 Å². The predicted octanol–water partition coefficient (Wildman–Crippen LogP) is -0.874. The van der Waals surface area contributed by atoms with E-state index in [1.165, 1.54) is 7.11 Å². The Balaban J connectivity index is 2.21. The van der Waals surface area contributed by atoms with E-state index < -0.39 is 12.0 Å². The number of hydrogen-bond donors (Lipinski definition) is 1. The number of esters is 1. The number of hydrogen-bond acceptors (Lipinski definition) is 5. The molecule has 0 aromatic heterocycles. The standard InChI is InChI=1S/C10H18N2O4/c1-15-9(13)3-2-4-12-5-6-16-8(7-12)10(11)14/h8H,2-7H2,1H3,(H2,11,14). The van der Waals surface area contributed by atoms with Crippen LogP contribution in [0.2, 0.25) is 0 Å². The molecule has 1 heterocycles. The van der Waals surface area contributed by atoms with Gasteiger partial charge in [0.2, 0.25) is 5.91 Å². The number of nitrogens with zero attached hydrogens (tertiary/aromatic N) is 1. The number of primary amides is 1. The Bertz CT molecular complexity index is 257. The Labute approximate surface area is 94.7 Å². The Morgan fingerprint density at radius 1 is 1.56 bits per heavy atom. The molecule has 1 rings (SSSR count). The van der Waals surface area contributed by atoms with Crippen molar-refractivity contribution in [2.75, 3.05) is 33.4 Å². The SMILES string of the molecule is COC(=O)CCCN1CCOC(C(N)=O)C1. The summed E-state index contributed by atoms with van der Waals surface area (Å²) >= 11 is 0. The summed E-state index contributed by atoms with van der Waals surface area (Å²) in [4.78, 5) is 23.9. The number of methoxy groups -OCH3 is 1. The molecular formula is C10H18N2O4. The van der Waals surface area contributed by atoms with Crippen LogP contribution in [0.3, 0.4) is 0 Å². The highest BCUT2D eigenvalue weighted by Gasteiger charge is 2.24. The van der Waals surface area contributed by atoms with Crippen molar-refractivity contribution in [3.05, 3.63) is 0 Å². The van der Waals surface area contributed by atoms with Crippen molar-refractivity contribution in [3.8, 4) is 0 Å². The number of carbonyl (C=O) groups is 2. The molecule has 0 bridgehead atoms. The van der Waals surface area contributed by atoms with Gasteiger partial charge in [0.1, 0.15) is 6.10 Å². The second kappa shape index (κ2) is 6.44. The number of carbonyl (C=O) groups excluding carboxylic acids is 2. The van der Waals surface area contributed by atoms with Crippen LogP contribution in [0.4, 0.5) is 0 Å². The molecular weight excluding hydrogens is 212 g/mol. The average Bonchev–Trinajstić information content (AvgIpc) is 2.29. The fourth-order valence-electron chi connectivity index (χ4n) is 1.63. The molecule has 0 aliphatic carbocycles. The molecule has 0 aromatic carbocycles. The van der Waals surface area contributed by atoms with Crippen LogP contribution in [0.5, 0.6) is 0 Å². The van der Waals surface area contributed by atoms with Gasteiger partial charge in [-0.25, -0.2) is 0 Å². The Morgan fingerprint density at radius 2 is 2.31 bits per heavy atom. The molecule has 92 valence electrons.